The highest BCUT2D eigenvalue weighted by molar-refractivity contribution is 5.82. The van der Waals surface area contributed by atoms with Crippen LogP contribution in [0.2, 0.25) is 0 Å². The highest BCUT2D eigenvalue weighted by Gasteiger charge is 2.14. The van der Waals surface area contributed by atoms with Crippen LogP contribution in [0.15, 0.2) is 83.5 Å². The first-order chi connectivity index (χ1) is 11.9. The summed E-state index contributed by atoms with van der Waals surface area (Å²) < 4.78 is 8.03. The molecule has 3 heterocycles. The molecule has 0 fully saturated rings. The second-order valence-electron chi connectivity index (χ2n) is 5.61. The Kier molecular flexibility index (Phi) is 2.76. The van der Waals surface area contributed by atoms with Gasteiger partial charge in [-0.2, -0.15) is 0 Å². The van der Waals surface area contributed by atoms with E-state index in [1.165, 1.54) is 0 Å². The maximum Gasteiger partial charge on any atom is 0.229 e. The van der Waals surface area contributed by atoms with E-state index in [0.29, 0.717) is 5.89 Å². The van der Waals surface area contributed by atoms with Gasteiger partial charge in [0.25, 0.3) is 0 Å². The second-order valence-corrected chi connectivity index (χ2v) is 5.61. The Morgan fingerprint density at radius 2 is 1.71 bits per heavy atom. The lowest BCUT2D eigenvalue weighted by atomic mass is 10.1. The van der Waals surface area contributed by atoms with E-state index in [4.69, 9.17) is 4.42 Å². The quantitative estimate of drug-likeness (QED) is 0.469. The van der Waals surface area contributed by atoms with Crippen LogP contribution in [0.5, 0.6) is 0 Å². The number of pyridine rings is 1. The van der Waals surface area contributed by atoms with Gasteiger partial charge in [0.15, 0.2) is 5.58 Å². The number of hydrogen-bond donors (Lipinski definition) is 0. The van der Waals surface area contributed by atoms with Crippen molar-refractivity contribution >= 4 is 22.1 Å². The lowest BCUT2D eigenvalue weighted by molar-refractivity contribution is 0.619. The van der Waals surface area contributed by atoms with Crippen molar-refractivity contribution in [3.8, 4) is 17.1 Å². The predicted molar refractivity (Wildman–Crippen MR) is 94.1 cm³/mol. The molecular weight excluding hydrogens is 298 g/mol. The van der Waals surface area contributed by atoms with Crippen LogP contribution < -0.4 is 0 Å². The molecule has 0 bridgehead atoms. The van der Waals surface area contributed by atoms with Crippen LogP contribution in [0.25, 0.3) is 39.3 Å². The van der Waals surface area contributed by atoms with Crippen molar-refractivity contribution in [2.45, 2.75) is 0 Å². The van der Waals surface area contributed by atoms with Gasteiger partial charge in [-0.1, -0.05) is 24.3 Å². The Labute approximate surface area is 138 Å². The zero-order valence-electron chi connectivity index (χ0n) is 12.8. The molecule has 0 saturated heterocycles. The van der Waals surface area contributed by atoms with Gasteiger partial charge in [0.2, 0.25) is 5.89 Å². The number of rotatable bonds is 2. The Morgan fingerprint density at radius 3 is 2.67 bits per heavy atom. The van der Waals surface area contributed by atoms with Crippen LogP contribution in [-0.4, -0.2) is 14.5 Å². The summed E-state index contributed by atoms with van der Waals surface area (Å²) in [7, 11) is 0. The summed E-state index contributed by atoms with van der Waals surface area (Å²) in [5.41, 5.74) is 4.51. The highest BCUT2D eigenvalue weighted by atomic mass is 16.3. The number of benzene rings is 2. The summed E-state index contributed by atoms with van der Waals surface area (Å²) in [6.45, 7) is 0. The molecule has 0 aliphatic carbocycles. The van der Waals surface area contributed by atoms with Gasteiger partial charge >= 0.3 is 0 Å². The van der Waals surface area contributed by atoms with Gasteiger partial charge in [-0.3, -0.25) is 0 Å². The largest absolute Gasteiger partial charge is 0.436 e. The van der Waals surface area contributed by atoms with E-state index in [-0.39, 0.29) is 0 Å². The Balaban J connectivity index is 1.76. The second kappa shape index (κ2) is 5.06. The number of fused-ring (bicyclic) bond motifs is 2. The normalized spacial score (nSPS) is 11.3. The van der Waals surface area contributed by atoms with Gasteiger partial charge in [-0.05, 0) is 42.5 Å². The maximum atomic E-state index is 5.96. The van der Waals surface area contributed by atoms with Crippen LogP contribution in [0.1, 0.15) is 0 Å². The minimum atomic E-state index is 0.615. The summed E-state index contributed by atoms with van der Waals surface area (Å²) in [6, 6.07) is 21.9. The topological polar surface area (TPSA) is 43.9 Å². The average Bonchev–Trinajstić information content (AvgIpc) is 3.26. The van der Waals surface area contributed by atoms with E-state index in [1.54, 1.807) is 6.20 Å². The fourth-order valence-electron chi connectivity index (χ4n) is 3.01. The number of oxazole rings is 1. The van der Waals surface area contributed by atoms with E-state index in [9.17, 15) is 0 Å². The fraction of sp³-hybridized carbons (Fsp3) is 0. The lowest BCUT2D eigenvalue weighted by Crippen LogP contribution is -1.96. The van der Waals surface area contributed by atoms with E-state index in [2.05, 4.69) is 32.7 Å². The summed E-state index contributed by atoms with van der Waals surface area (Å²) in [6.07, 6.45) is 3.83. The molecule has 0 aliphatic rings. The maximum absolute atomic E-state index is 5.96. The third-order valence-corrected chi connectivity index (χ3v) is 4.14. The third-order valence-electron chi connectivity index (χ3n) is 4.14. The van der Waals surface area contributed by atoms with Crippen LogP contribution >= 0.6 is 0 Å². The minimum Gasteiger partial charge on any atom is -0.436 e. The molecule has 0 N–H and O–H groups in total. The standard InChI is InChI=1S/C20H13N3O/c1-3-9-17(23-13-11-14-6-5-12-21-19(14)23)15(7-1)20-22-16-8-2-4-10-18(16)24-20/h1-13H. The van der Waals surface area contributed by atoms with Crippen LogP contribution in [0.4, 0.5) is 0 Å². The van der Waals surface area contributed by atoms with Gasteiger partial charge in [0, 0.05) is 17.8 Å². The van der Waals surface area contributed by atoms with Crippen molar-refractivity contribution in [2.24, 2.45) is 0 Å². The molecule has 0 saturated carbocycles. The molecule has 0 aliphatic heterocycles. The van der Waals surface area contributed by atoms with Gasteiger partial charge in [0.05, 0.1) is 11.3 Å². The van der Waals surface area contributed by atoms with Crippen LogP contribution in [0.3, 0.4) is 0 Å². The molecular formula is C20H13N3O. The van der Waals surface area contributed by atoms with Gasteiger partial charge < -0.3 is 8.98 Å². The zero-order valence-corrected chi connectivity index (χ0v) is 12.8. The monoisotopic (exact) mass is 311 g/mol. The van der Waals surface area contributed by atoms with Gasteiger partial charge in [0.1, 0.15) is 11.2 Å². The fourth-order valence-corrected chi connectivity index (χ4v) is 3.01. The minimum absolute atomic E-state index is 0.615. The van der Waals surface area contributed by atoms with Gasteiger partial charge in [-0.15, -0.1) is 0 Å². The first-order valence-electron chi connectivity index (χ1n) is 7.77. The van der Waals surface area contributed by atoms with E-state index < -0.39 is 0 Å². The van der Waals surface area contributed by atoms with Gasteiger partial charge in [-0.25, -0.2) is 9.97 Å². The molecule has 0 amide bonds. The smallest absolute Gasteiger partial charge is 0.229 e. The predicted octanol–water partition coefficient (Wildman–Crippen LogP) is 4.83. The molecule has 2 aromatic carbocycles. The number of hydrogen-bond acceptors (Lipinski definition) is 3. The Bertz CT molecular complexity index is 1140. The van der Waals surface area contributed by atoms with Crippen molar-refractivity contribution in [2.75, 3.05) is 0 Å². The van der Waals surface area contributed by atoms with Crippen molar-refractivity contribution < 1.29 is 4.42 Å². The van der Waals surface area contributed by atoms with Crippen molar-refractivity contribution in [3.63, 3.8) is 0 Å². The number of aromatic nitrogens is 3. The summed E-state index contributed by atoms with van der Waals surface area (Å²) >= 11 is 0. The lowest BCUT2D eigenvalue weighted by Gasteiger charge is -2.08. The number of nitrogens with zero attached hydrogens (tertiary/aromatic N) is 3. The molecule has 114 valence electrons. The zero-order chi connectivity index (χ0) is 15.9. The SMILES string of the molecule is c1ccc(-n2ccc3cccnc32)c(-c2nc3ccccc3o2)c1. The highest BCUT2D eigenvalue weighted by Crippen LogP contribution is 2.30. The van der Waals surface area contributed by atoms with E-state index >= 15 is 0 Å². The molecule has 5 rings (SSSR count). The van der Waals surface area contributed by atoms with Crippen molar-refractivity contribution in [1.29, 1.82) is 0 Å². The van der Waals surface area contributed by atoms with Crippen molar-refractivity contribution in [1.82, 2.24) is 14.5 Å². The molecule has 0 unspecified atom stereocenters. The molecule has 24 heavy (non-hydrogen) atoms. The summed E-state index contributed by atoms with van der Waals surface area (Å²) in [5, 5.41) is 1.10. The number of para-hydroxylation sites is 3. The summed E-state index contributed by atoms with van der Waals surface area (Å²) in [4.78, 5) is 9.14. The molecule has 0 spiro atoms. The molecule has 4 nitrogen and oxygen atoms in total. The van der Waals surface area contributed by atoms with Crippen molar-refractivity contribution in [3.05, 3.63) is 79.1 Å². The molecule has 4 heteroatoms. The molecule has 3 aromatic heterocycles. The Morgan fingerprint density at radius 1 is 0.833 bits per heavy atom. The average molecular weight is 311 g/mol. The van der Waals surface area contributed by atoms with Crippen LogP contribution in [0, 0.1) is 0 Å². The summed E-state index contributed by atoms with van der Waals surface area (Å²) in [5.74, 6) is 0.615. The molecule has 0 radical (unpaired) electrons. The third kappa shape index (κ3) is 1.93. The van der Waals surface area contributed by atoms with E-state index in [1.807, 2.05) is 54.7 Å². The molecule has 0 atom stereocenters. The van der Waals surface area contributed by atoms with E-state index in [0.717, 1.165) is 33.4 Å². The first kappa shape index (κ1) is 13.1. The van der Waals surface area contributed by atoms with Crippen LogP contribution in [-0.2, 0) is 0 Å². The first-order valence-corrected chi connectivity index (χ1v) is 7.77. The molecule has 5 aromatic rings. The Hall–Kier alpha value is -3.40.